The van der Waals surface area contributed by atoms with Gasteiger partial charge in [0.1, 0.15) is 12.1 Å². The number of benzene rings is 1. The molecule has 0 bridgehead atoms. The molecule has 4 rings (SSSR count). The number of nitrogens with zero attached hydrogens (tertiary/aromatic N) is 4. The van der Waals surface area contributed by atoms with Crippen LogP contribution in [0.4, 0.5) is 10.3 Å². The molecule has 1 aromatic carbocycles. The van der Waals surface area contributed by atoms with Gasteiger partial charge in [-0.05, 0) is 51.3 Å². The first-order chi connectivity index (χ1) is 13.9. The van der Waals surface area contributed by atoms with E-state index in [1.165, 1.54) is 23.0 Å². The first-order valence-electron chi connectivity index (χ1n) is 8.67. The quantitative estimate of drug-likeness (QED) is 0.597. The lowest BCUT2D eigenvalue weighted by Gasteiger charge is -2.30. The summed E-state index contributed by atoms with van der Waals surface area (Å²) in [6, 6.07) is 8.19. The van der Waals surface area contributed by atoms with Crippen molar-refractivity contribution in [2.24, 2.45) is 0 Å². The minimum atomic E-state index is -0.847. The van der Waals surface area contributed by atoms with Gasteiger partial charge in [-0.2, -0.15) is 4.98 Å². The van der Waals surface area contributed by atoms with Gasteiger partial charge in [-0.25, -0.2) is 14.2 Å². The van der Waals surface area contributed by atoms with Crippen molar-refractivity contribution in [2.75, 3.05) is 18.0 Å². The van der Waals surface area contributed by atoms with Crippen LogP contribution in [0.25, 0.3) is 5.57 Å². The molecule has 1 unspecified atom stereocenters. The maximum atomic E-state index is 13.4. The van der Waals surface area contributed by atoms with Gasteiger partial charge in [0, 0.05) is 11.4 Å². The van der Waals surface area contributed by atoms with E-state index in [0.29, 0.717) is 24.2 Å². The Morgan fingerprint density at radius 3 is 2.83 bits per heavy atom. The van der Waals surface area contributed by atoms with Crippen LogP contribution < -0.4 is 10.6 Å². The SMILES string of the molecule is O=c1nc(N2CC=C(c3ccc(F)c(Cl)c3)C(O)C2)ncn1Cc1ccc(Br)s1. The zero-order chi connectivity index (χ0) is 20.5. The van der Waals surface area contributed by atoms with Crippen LogP contribution >= 0.6 is 38.9 Å². The number of thiophene rings is 1. The second kappa shape index (κ2) is 8.35. The minimum absolute atomic E-state index is 0.00254. The average molecular weight is 498 g/mol. The molecule has 0 fully saturated rings. The van der Waals surface area contributed by atoms with E-state index in [4.69, 9.17) is 11.6 Å². The highest BCUT2D eigenvalue weighted by Gasteiger charge is 2.24. The molecule has 6 nitrogen and oxygen atoms in total. The number of anilines is 1. The van der Waals surface area contributed by atoms with Gasteiger partial charge in [-0.15, -0.1) is 11.3 Å². The molecule has 3 heterocycles. The lowest BCUT2D eigenvalue weighted by Crippen LogP contribution is -2.40. The van der Waals surface area contributed by atoms with E-state index in [9.17, 15) is 14.3 Å². The van der Waals surface area contributed by atoms with E-state index in [0.717, 1.165) is 8.66 Å². The highest BCUT2D eigenvalue weighted by molar-refractivity contribution is 9.11. The van der Waals surface area contributed by atoms with Crippen molar-refractivity contribution >= 4 is 50.4 Å². The molecule has 2 aromatic heterocycles. The molecule has 0 radical (unpaired) electrons. The fourth-order valence-electron chi connectivity index (χ4n) is 3.09. The monoisotopic (exact) mass is 496 g/mol. The highest BCUT2D eigenvalue weighted by atomic mass is 79.9. The Hall–Kier alpha value is -2.07. The first kappa shape index (κ1) is 20.2. The smallest absolute Gasteiger partial charge is 0.352 e. The molecule has 1 aliphatic rings. The molecule has 0 spiro atoms. The molecule has 150 valence electrons. The van der Waals surface area contributed by atoms with Gasteiger partial charge in [0.05, 0.1) is 28.0 Å². The summed E-state index contributed by atoms with van der Waals surface area (Å²) in [5.41, 5.74) is 0.899. The largest absolute Gasteiger partial charge is 0.387 e. The fraction of sp³-hybridized carbons (Fsp3) is 0.211. The average Bonchev–Trinajstić information content (AvgIpc) is 3.10. The van der Waals surface area contributed by atoms with Crippen LogP contribution in [-0.2, 0) is 6.54 Å². The molecule has 1 N–H and O–H groups in total. The molecule has 0 aliphatic carbocycles. The van der Waals surface area contributed by atoms with Gasteiger partial charge < -0.3 is 10.0 Å². The number of hydrogen-bond donors (Lipinski definition) is 1. The Kier molecular flexibility index (Phi) is 5.82. The molecular weight excluding hydrogens is 483 g/mol. The van der Waals surface area contributed by atoms with Gasteiger partial charge in [-0.3, -0.25) is 4.57 Å². The van der Waals surface area contributed by atoms with Gasteiger partial charge >= 0.3 is 5.69 Å². The Balaban J connectivity index is 1.52. The van der Waals surface area contributed by atoms with E-state index in [-0.39, 0.29) is 17.5 Å². The van der Waals surface area contributed by atoms with E-state index < -0.39 is 17.6 Å². The van der Waals surface area contributed by atoms with Gasteiger partial charge in [-0.1, -0.05) is 23.7 Å². The van der Waals surface area contributed by atoms with Crippen molar-refractivity contribution in [2.45, 2.75) is 12.6 Å². The van der Waals surface area contributed by atoms with Gasteiger partial charge in [0.15, 0.2) is 0 Å². The lowest BCUT2D eigenvalue weighted by atomic mass is 9.97. The second-order valence-electron chi connectivity index (χ2n) is 6.48. The highest BCUT2D eigenvalue weighted by Crippen LogP contribution is 2.27. The molecule has 0 saturated carbocycles. The zero-order valence-electron chi connectivity index (χ0n) is 14.9. The Bertz CT molecular complexity index is 1150. The number of aromatic nitrogens is 3. The minimum Gasteiger partial charge on any atom is -0.387 e. The standard InChI is InChI=1S/C19H15BrClFN4O2S/c20-17-4-2-12(29-17)8-26-10-23-18(24-19(26)28)25-6-5-13(16(27)9-25)11-1-3-15(22)14(21)7-11/h1-5,7,10,16,27H,6,8-9H2. The topological polar surface area (TPSA) is 71.2 Å². The van der Waals surface area contributed by atoms with E-state index in [1.807, 2.05) is 12.1 Å². The normalized spacial score (nSPS) is 16.8. The Morgan fingerprint density at radius 2 is 2.17 bits per heavy atom. The zero-order valence-corrected chi connectivity index (χ0v) is 18.1. The van der Waals surface area contributed by atoms with Crippen LogP contribution in [0.2, 0.25) is 5.02 Å². The van der Waals surface area contributed by atoms with Crippen LogP contribution in [0.15, 0.2) is 51.3 Å². The molecule has 0 amide bonds. The van der Waals surface area contributed by atoms with Crippen molar-refractivity contribution in [3.63, 3.8) is 0 Å². The van der Waals surface area contributed by atoms with Crippen LogP contribution in [0.5, 0.6) is 0 Å². The summed E-state index contributed by atoms with van der Waals surface area (Å²) in [5, 5.41) is 10.5. The van der Waals surface area contributed by atoms with E-state index in [1.54, 1.807) is 28.4 Å². The van der Waals surface area contributed by atoms with Crippen molar-refractivity contribution in [3.8, 4) is 0 Å². The Morgan fingerprint density at radius 1 is 1.34 bits per heavy atom. The molecule has 0 saturated heterocycles. The molecular formula is C19H15BrClFN4O2S. The third kappa shape index (κ3) is 4.42. The fourth-order valence-corrected chi connectivity index (χ4v) is 4.75. The first-order valence-corrected chi connectivity index (χ1v) is 10.7. The van der Waals surface area contributed by atoms with Crippen molar-refractivity contribution in [1.29, 1.82) is 0 Å². The van der Waals surface area contributed by atoms with Crippen LogP contribution in [0.1, 0.15) is 10.4 Å². The maximum absolute atomic E-state index is 13.4. The summed E-state index contributed by atoms with van der Waals surface area (Å²) in [6.07, 6.45) is 2.42. The second-order valence-corrected chi connectivity index (χ2v) is 9.44. The van der Waals surface area contributed by atoms with Gasteiger partial charge in [0.25, 0.3) is 0 Å². The molecule has 29 heavy (non-hydrogen) atoms. The predicted molar refractivity (Wildman–Crippen MR) is 115 cm³/mol. The third-order valence-corrected chi connectivity index (χ3v) is 6.43. The Labute approximate surface area is 183 Å². The molecule has 1 aliphatic heterocycles. The maximum Gasteiger partial charge on any atom is 0.352 e. The summed E-state index contributed by atoms with van der Waals surface area (Å²) in [5.74, 6) is -0.253. The lowest BCUT2D eigenvalue weighted by molar-refractivity contribution is 0.233. The molecule has 10 heteroatoms. The number of rotatable bonds is 4. The van der Waals surface area contributed by atoms with Crippen molar-refractivity contribution in [1.82, 2.24) is 14.5 Å². The van der Waals surface area contributed by atoms with Crippen LogP contribution in [-0.4, -0.2) is 38.8 Å². The van der Waals surface area contributed by atoms with E-state index >= 15 is 0 Å². The number of hydrogen-bond acceptors (Lipinski definition) is 6. The number of aliphatic hydroxyl groups excluding tert-OH is 1. The number of halogens is 3. The summed E-state index contributed by atoms with van der Waals surface area (Å²) >= 11 is 10.8. The summed E-state index contributed by atoms with van der Waals surface area (Å²) in [6.45, 7) is 1.01. The van der Waals surface area contributed by atoms with E-state index in [2.05, 4.69) is 25.9 Å². The summed E-state index contributed by atoms with van der Waals surface area (Å²) in [4.78, 5) is 23.4. The predicted octanol–water partition coefficient (Wildman–Crippen LogP) is 3.57. The summed E-state index contributed by atoms with van der Waals surface area (Å²) in [7, 11) is 0. The van der Waals surface area contributed by atoms with Crippen LogP contribution in [0, 0.1) is 5.82 Å². The summed E-state index contributed by atoms with van der Waals surface area (Å²) < 4.78 is 15.8. The number of aliphatic hydroxyl groups is 1. The van der Waals surface area contributed by atoms with Crippen molar-refractivity contribution < 1.29 is 9.50 Å². The van der Waals surface area contributed by atoms with Crippen molar-refractivity contribution in [3.05, 3.63) is 78.3 Å². The van der Waals surface area contributed by atoms with Gasteiger partial charge in [0.2, 0.25) is 5.95 Å². The third-order valence-electron chi connectivity index (χ3n) is 4.53. The van der Waals surface area contributed by atoms with Crippen LogP contribution in [0.3, 0.4) is 0 Å². The molecule has 3 aromatic rings. The number of β-amino-alcohol motifs (C(OH)–C–C–N with tert-alkyl or cyclic N) is 1. The molecule has 1 atom stereocenters.